The minimum Gasteiger partial charge on any atom is -0.657 e. The van der Waals surface area contributed by atoms with E-state index in [0.717, 1.165) is 12.8 Å². The van der Waals surface area contributed by atoms with Crippen LogP contribution in [0.5, 0.6) is 0 Å². The molecule has 0 aromatic heterocycles. The van der Waals surface area contributed by atoms with Gasteiger partial charge in [0, 0.05) is 20.6 Å². The minimum atomic E-state index is -0.275. The Morgan fingerprint density at radius 3 is 2.14 bits per heavy atom. The van der Waals surface area contributed by atoms with Gasteiger partial charge in [-0.3, -0.25) is 14.4 Å². The second-order valence-corrected chi connectivity index (χ2v) is 4.68. The molecule has 0 aliphatic carbocycles. The monoisotopic (exact) mass is 370 g/mol. The van der Waals surface area contributed by atoms with Crippen molar-refractivity contribution in [1.29, 1.82) is 0 Å². The molecule has 0 aliphatic heterocycles. The summed E-state index contributed by atoms with van der Waals surface area (Å²) in [6.45, 7) is 2.67. The van der Waals surface area contributed by atoms with Gasteiger partial charge < -0.3 is 20.4 Å². The summed E-state index contributed by atoms with van der Waals surface area (Å²) in [5.74, 6) is -0.684. The van der Waals surface area contributed by atoms with E-state index < -0.39 is 0 Å². The molecule has 0 spiro atoms. The zero-order chi connectivity index (χ0) is 15.5. The molecule has 0 heterocycles. The number of hydrogen-bond acceptors (Lipinski definition) is 3. The Hall–Kier alpha value is 0.175. The number of nitrogens with one attached hydrogen (secondary N) is 1. The van der Waals surface area contributed by atoms with Gasteiger partial charge in [0.05, 0.1) is 13.1 Å². The molecule has 0 aromatic rings. The fourth-order valence-electron chi connectivity index (χ4n) is 1.43. The number of rotatable bonds is 9. The van der Waals surface area contributed by atoms with Gasteiger partial charge in [-0.2, -0.15) is 7.05 Å². The molecule has 0 bridgehead atoms. The molecule has 0 atom stereocenters. The Kier molecular flexibility index (Phi) is 15.4. The molecular weight excluding hydrogens is 346 g/mol. The molecule has 0 radical (unpaired) electrons. The fourth-order valence-corrected chi connectivity index (χ4v) is 1.43. The van der Waals surface area contributed by atoms with Gasteiger partial charge in [0.15, 0.2) is 0 Å². The van der Waals surface area contributed by atoms with Crippen LogP contribution in [0.15, 0.2) is 0 Å². The largest absolute Gasteiger partial charge is 1.00 e. The smallest absolute Gasteiger partial charge is 0.657 e. The van der Waals surface area contributed by atoms with Crippen molar-refractivity contribution in [3.63, 3.8) is 0 Å². The Morgan fingerprint density at radius 2 is 1.62 bits per heavy atom. The van der Waals surface area contributed by atoms with Crippen molar-refractivity contribution < 1.29 is 72.6 Å². The van der Waals surface area contributed by atoms with Crippen LogP contribution in [0.25, 0.3) is 5.32 Å². The van der Waals surface area contributed by atoms with E-state index >= 15 is 0 Å². The van der Waals surface area contributed by atoms with Crippen molar-refractivity contribution in [3.8, 4) is 0 Å². The van der Waals surface area contributed by atoms with Crippen LogP contribution in [-0.4, -0.2) is 74.8 Å². The summed E-state index contributed by atoms with van der Waals surface area (Å²) in [6, 6.07) is 0. The molecule has 21 heavy (non-hydrogen) atoms. The molecule has 7 nitrogen and oxygen atoms in total. The van der Waals surface area contributed by atoms with Gasteiger partial charge in [-0.1, -0.05) is 19.9 Å². The first kappa shape index (κ1) is 23.4. The Labute approximate surface area is 176 Å². The quantitative estimate of drug-likeness (QED) is 0.435. The van der Waals surface area contributed by atoms with Crippen molar-refractivity contribution in [2.45, 2.75) is 19.8 Å². The Morgan fingerprint density at radius 1 is 1.05 bits per heavy atom. The van der Waals surface area contributed by atoms with Crippen LogP contribution in [0.2, 0.25) is 0 Å². The predicted molar refractivity (Wildman–Crippen MR) is 77.3 cm³/mol. The van der Waals surface area contributed by atoms with Crippen LogP contribution in [0.3, 0.4) is 0 Å². The number of hydrogen-bond donors (Lipinski definition) is 1. The average molecular weight is 371 g/mol. The summed E-state index contributed by atoms with van der Waals surface area (Å²) in [6.07, 6.45) is 1.92. The van der Waals surface area contributed by atoms with Crippen molar-refractivity contribution in [2.24, 2.45) is 0 Å². The third-order valence-electron chi connectivity index (χ3n) is 2.75. The summed E-state index contributed by atoms with van der Waals surface area (Å²) < 4.78 is 0. The van der Waals surface area contributed by atoms with Crippen molar-refractivity contribution in [3.05, 3.63) is 5.32 Å². The van der Waals surface area contributed by atoms with Crippen molar-refractivity contribution in [2.75, 3.05) is 47.3 Å². The molecule has 0 rings (SSSR count). The van der Waals surface area contributed by atoms with Crippen LogP contribution >= 0.6 is 0 Å². The molecule has 0 aliphatic rings. The Bertz CT molecular complexity index is 339. The van der Waals surface area contributed by atoms with Crippen LogP contribution in [0.1, 0.15) is 19.8 Å². The van der Waals surface area contributed by atoms with Crippen LogP contribution in [0.4, 0.5) is 0 Å². The topological polar surface area (TPSA) is 83.8 Å². The zero-order valence-corrected chi connectivity index (χ0v) is 18.7. The van der Waals surface area contributed by atoms with E-state index in [1.54, 1.807) is 21.1 Å². The van der Waals surface area contributed by atoms with E-state index in [2.05, 4.69) is 10.6 Å². The van der Waals surface area contributed by atoms with E-state index in [4.69, 9.17) is 0 Å². The third-order valence-corrected chi connectivity index (χ3v) is 2.75. The van der Waals surface area contributed by atoms with Gasteiger partial charge in [-0.05, 0) is 6.42 Å². The first-order valence-corrected chi connectivity index (χ1v) is 6.72. The molecular formula is C13H25N4O3Rb. The minimum absolute atomic E-state index is 0. The molecule has 3 amide bonds. The summed E-state index contributed by atoms with van der Waals surface area (Å²) in [7, 11) is 4.63. The van der Waals surface area contributed by atoms with E-state index in [9.17, 15) is 14.4 Å². The molecule has 0 saturated heterocycles. The zero-order valence-electron chi connectivity index (χ0n) is 13.8. The van der Waals surface area contributed by atoms with Crippen LogP contribution < -0.4 is 63.5 Å². The molecule has 1 N–H and O–H groups in total. The SMILES string of the molecule is CCCCNC(=O)CN(C)C(=O)CN(C)C(=O)C[N-]C.[Rb+]. The number of amides is 3. The summed E-state index contributed by atoms with van der Waals surface area (Å²) in [5.41, 5.74) is 0. The summed E-state index contributed by atoms with van der Waals surface area (Å²) in [4.78, 5) is 37.5. The maximum Gasteiger partial charge on any atom is 1.00 e. The van der Waals surface area contributed by atoms with Gasteiger partial charge >= 0.3 is 58.2 Å². The standard InChI is InChI=1S/C13H25N4O3.Rb/c1-5-6-7-15-11(18)9-16(3)13(20)10-17(4)12(19)8-14-2;/h5-10H2,1-4H3,(H,15,18);/q-1;+1. The van der Waals surface area contributed by atoms with E-state index in [-0.39, 0.29) is 95.5 Å². The fraction of sp³-hybridized carbons (Fsp3) is 0.769. The predicted octanol–water partition coefficient (Wildman–Crippen LogP) is -3.17. The van der Waals surface area contributed by atoms with Gasteiger partial charge in [0.2, 0.25) is 17.7 Å². The van der Waals surface area contributed by atoms with E-state index in [1.165, 1.54) is 9.80 Å². The van der Waals surface area contributed by atoms with E-state index in [1.807, 2.05) is 6.92 Å². The molecule has 0 aromatic carbocycles. The van der Waals surface area contributed by atoms with Gasteiger partial charge in [-0.25, -0.2) is 0 Å². The van der Waals surface area contributed by atoms with Gasteiger partial charge in [-0.15, -0.1) is 0 Å². The number of nitrogens with zero attached hydrogens (tertiary/aromatic N) is 3. The molecule has 116 valence electrons. The first-order valence-electron chi connectivity index (χ1n) is 6.72. The number of likely N-dealkylation sites (N-methyl/N-ethyl adjacent to an activating group) is 3. The maximum absolute atomic E-state index is 11.8. The number of unbranched alkanes of at least 4 members (excludes halogenated alkanes) is 1. The normalized spacial score (nSPS) is 9.52. The number of carbonyl (C=O) groups excluding carboxylic acids is 3. The Balaban J connectivity index is 0. The first-order chi connectivity index (χ1) is 9.42. The van der Waals surface area contributed by atoms with Crippen LogP contribution in [0, 0.1) is 0 Å². The third kappa shape index (κ3) is 11.4. The number of carbonyl (C=O) groups is 3. The second kappa shape index (κ2) is 13.8. The molecule has 8 heteroatoms. The van der Waals surface area contributed by atoms with Crippen LogP contribution in [-0.2, 0) is 14.4 Å². The van der Waals surface area contributed by atoms with Crippen molar-refractivity contribution >= 4 is 17.7 Å². The van der Waals surface area contributed by atoms with Crippen molar-refractivity contribution in [1.82, 2.24) is 15.1 Å². The van der Waals surface area contributed by atoms with Gasteiger partial charge in [0.1, 0.15) is 0 Å². The van der Waals surface area contributed by atoms with E-state index in [0.29, 0.717) is 6.54 Å². The maximum atomic E-state index is 11.8. The molecule has 0 saturated carbocycles. The average Bonchev–Trinajstić information content (AvgIpc) is 2.38. The second-order valence-electron chi connectivity index (χ2n) is 4.68. The summed E-state index contributed by atoms with van der Waals surface area (Å²) in [5, 5.41) is 6.46. The molecule has 0 unspecified atom stereocenters. The summed E-state index contributed by atoms with van der Waals surface area (Å²) >= 11 is 0. The molecule has 0 fully saturated rings. The van der Waals surface area contributed by atoms with Gasteiger partial charge in [0.25, 0.3) is 0 Å².